The Labute approximate surface area is 109 Å². The van der Waals surface area contributed by atoms with Crippen LogP contribution in [0.1, 0.15) is 32.6 Å². The van der Waals surface area contributed by atoms with Gasteiger partial charge in [0.15, 0.2) is 0 Å². The molecular formula is C13H20N2O2S. The van der Waals surface area contributed by atoms with Gasteiger partial charge < -0.3 is 5.73 Å². The number of anilines is 1. The summed E-state index contributed by atoms with van der Waals surface area (Å²) < 4.78 is 27.2. The zero-order chi connectivity index (χ0) is 13.2. The highest BCUT2D eigenvalue weighted by Crippen LogP contribution is 2.28. The zero-order valence-corrected chi connectivity index (χ0v) is 11.4. The van der Waals surface area contributed by atoms with Gasteiger partial charge in [0, 0.05) is 6.04 Å². The van der Waals surface area contributed by atoms with Crippen molar-refractivity contribution < 1.29 is 8.42 Å². The molecule has 2 rings (SSSR count). The molecule has 1 atom stereocenters. The highest BCUT2D eigenvalue weighted by atomic mass is 32.2. The second-order valence-electron chi connectivity index (χ2n) is 4.99. The van der Waals surface area contributed by atoms with Crippen molar-refractivity contribution in [3.05, 3.63) is 24.3 Å². The zero-order valence-electron chi connectivity index (χ0n) is 10.6. The molecular weight excluding hydrogens is 248 g/mol. The third kappa shape index (κ3) is 2.84. The van der Waals surface area contributed by atoms with Crippen molar-refractivity contribution in [1.29, 1.82) is 0 Å². The van der Waals surface area contributed by atoms with Crippen LogP contribution in [0.3, 0.4) is 0 Å². The van der Waals surface area contributed by atoms with E-state index in [4.69, 9.17) is 5.73 Å². The first kappa shape index (κ1) is 13.4. The first-order valence-electron chi connectivity index (χ1n) is 6.37. The molecule has 100 valence electrons. The lowest BCUT2D eigenvalue weighted by Crippen LogP contribution is -2.37. The lowest BCUT2D eigenvalue weighted by atomic mass is 10.0. The summed E-state index contributed by atoms with van der Waals surface area (Å²) in [6, 6.07) is 6.53. The van der Waals surface area contributed by atoms with Gasteiger partial charge in [-0.05, 0) is 37.8 Å². The van der Waals surface area contributed by atoms with Gasteiger partial charge in [-0.3, -0.25) is 0 Å². The van der Waals surface area contributed by atoms with Gasteiger partial charge in [-0.25, -0.2) is 13.1 Å². The van der Waals surface area contributed by atoms with Crippen LogP contribution in [0.15, 0.2) is 29.2 Å². The van der Waals surface area contributed by atoms with E-state index in [1.165, 1.54) is 12.8 Å². The van der Waals surface area contributed by atoms with Crippen molar-refractivity contribution >= 4 is 15.7 Å². The summed E-state index contributed by atoms with van der Waals surface area (Å²) in [5.41, 5.74) is 6.01. The van der Waals surface area contributed by atoms with Crippen molar-refractivity contribution in [2.75, 3.05) is 5.73 Å². The van der Waals surface area contributed by atoms with Crippen molar-refractivity contribution in [2.24, 2.45) is 5.92 Å². The molecule has 0 bridgehead atoms. The smallest absolute Gasteiger partial charge is 0.242 e. The second-order valence-corrected chi connectivity index (χ2v) is 6.67. The van der Waals surface area contributed by atoms with Crippen LogP contribution >= 0.6 is 0 Å². The molecule has 1 aliphatic rings. The summed E-state index contributed by atoms with van der Waals surface area (Å²) >= 11 is 0. The number of benzene rings is 1. The van der Waals surface area contributed by atoms with Gasteiger partial charge in [-0.2, -0.15) is 0 Å². The van der Waals surface area contributed by atoms with E-state index in [9.17, 15) is 8.42 Å². The molecule has 0 radical (unpaired) electrons. The summed E-state index contributed by atoms with van der Waals surface area (Å²) in [6.45, 7) is 1.94. The van der Waals surface area contributed by atoms with Crippen LogP contribution in [0.5, 0.6) is 0 Å². The van der Waals surface area contributed by atoms with E-state index >= 15 is 0 Å². The van der Waals surface area contributed by atoms with Gasteiger partial charge in [0.2, 0.25) is 10.0 Å². The predicted molar refractivity (Wildman–Crippen MR) is 72.6 cm³/mol. The molecule has 0 amide bonds. The average Bonchev–Trinajstić information content (AvgIpc) is 2.82. The molecule has 0 saturated heterocycles. The molecule has 18 heavy (non-hydrogen) atoms. The molecule has 1 fully saturated rings. The fourth-order valence-corrected chi connectivity index (χ4v) is 4.03. The topological polar surface area (TPSA) is 72.2 Å². The largest absolute Gasteiger partial charge is 0.398 e. The number of rotatable bonds is 4. The van der Waals surface area contributed by atoms with Crippen molar-refractivity contribution in [3.63, 3.8) is 0 Å². The minimum Gasteiger partial charge on any atom is -0.398 e. The average molecular weight is 268 g/mol. The van der Waals surface area contributed by atoms with Crippen LogP contribution in [0.2, 0.25) is 0 Å². The fourth-order valence-electron chi connectivity index (χ4n) is 2.59. The molecule has 0 aromatic heterocycles. The molecule has 1 unspecified atom stereocenters. The number of hydrogen-bond acceptors (Lipinski definition) is 3. The van der Waals surface area contributed by atoms with Crippen molar-refractivity contribution in [2.45, 2.75) is 43.5 Å². The summed E-state index contributed by atoms with van der Waals surface area (Å²) in [5.74, 6) is 0.449. The fraction of sp³-hybridized carbons (Fsp3) is 0.538. The molecule has 3 N–H and O–H groups in total. The van der Waals surface area contributed by atoms with Crippen LogP contribution in [0.4, 0.5) is 5.69 Å². The summed E-state index contributed by atoms with van der Waals surface area (Å²) in [6.07, 6.45) is 4.61. The highest BCUT2D eigenvalue weighted by molar-refractivity contribution is 7.89. The molecule has 0 aliphatic heterocycles. The molecule has 1 aromatic carbocycles. The van der Waals surface area contributed by atoms with Gasteiger partial charge >= 0.3 is 0 Å². The monoisotopic (exact) mass is 268 g/mol. The third-order valence-electron chi connectivity index (χ3n) is 3.66. The number of nitrogens with two attached hydrogens (primary N) is 1. The molecule has 0 heterocycles. The molecule has 1 aromatic rings. The minimum absolute atomic E-state index is 0.0305. The molecule has 0 spiro atoms. The van der Waals surface area contributed by atoms with Gasteiger partial charge in [0.25, 0.3) is 0 Å². The van der Waals surface area contributed by atoms with Crippen LogP contribution in [0.25, 0.3) is 0 Å². The van der Waals surface area contributed by atoms with E-state index in [2.05, 4.69) is 4.72 Å². The maximum Gasteiger partial charge on any atom is 0.242 e. The highest BCUT2D eigenvalue weighted by Gasteiger charge is 2.26. The van der Waals surface area contributed by atoms with Crippen LogP contribution in [-0.4, -0.2) is 14.5 Å². The number of nitrogens with one attached hydrogen (secondary N) is 1. The Morgan fingerprint density at radius 2 is 1.89 bits per heavy atom. The Morgan fingerprint density at radius 3 is 2.50 bits per heavy atom. The lowest BCUT2D eigenvalue weighted by molar-refractivity contribution is 0.424. The molecule has 4 nitrogen and oxygen atoms in total. The summed E-state index contributed by atoms with van der Waals surface area (Å²) in [7, 11) is -3.50. The molecule has 1 aliphatic carbocycles. The van der Waals surface area contributed by atoms with E-state index in [0.717, 1.165) is 12.8 Å². The number of sulfonamides is 1. The Morgan fingerprint density at radius 1 is 1.28 bits per heavy atom. The maximum atomic E-state index is 12.2. The number of nitrogen functional groups attached to an aromatic ring is 1. The Hall–Kier alpha value is -1.07. The van der Waals surface area contributed by atoms with E-state index in [1.54, 1.807) is 24.3 Å². The van der Waals surface area contributed by atoms with Crippen LogP contribution in [-0.2, 0) is 10.0 Å². The first-order chi connectivity index (χ1) is 8.50. The quantitative estimate of drug-likeness (QED) is 0.822. The predicted octanol–water partition coefficient (Wildman–Crippen LogP) is 2.13. The second kappa shape index (κ2) is 5.28. The number of para-hydroxylation sites is 1. The van der Waals surface area contributed by atoms with Gasteiger partial charge in [0.1, 0.15) is 4.90 Å². The number of hydrogen-bond donors (Lipinski definition) is 2. The lowest BCUT2D eigenvalue weighted by Gasteiger charge is -2.20. The third-order valence-corrected chi connectivity index (χ3v) is 5.29. The Bertz CT molecular complexity index is 507. The van der Waals surface area contributed by atoms with Gasteiger partial charge in [0.05, 0.1) is 5.69 Å². The van der Waals surface area contributed by atoms with Gasteiger partial charge in [-0.1, -0.05) is 25.0 Å². The summed E-state index contributed by atoms with van der Waals surface area (Å²) in [5, 5.41) is 0. The van der Waals surface area contributed by atoms with E-state index in [0.29, 0.717) is 11.6 Å². The summed E-state index contributed by atoms with van der Waals surface area (Å²) in [4.78, 5) is 0.176. The molecule has 1 saturated carbocycles. The molecule has 5 heteroatoms. The van der Waals surface area contributed by atoms with Crippen molar-refractivity contribution in [3.8, 4) is 0 Å². The van der Waals surface area contributed by atoms with E-state index in [-0.39, 0.29) is 10.9 Å². The van der Waals surface area contributed by atoms with E-state index < -0.39 is 10.0 Å². The van der Waals surface area contributed by atoms with Crippen molar-refractivity contribution in [1.82, 2.24) is 4.72 Å². The van der Waals surface area contributed by atoms with Crippen LogP contribution < -0.4 is 10.5 Å². The maximum absolute atomic E-state index is 12.2. The normalized spacial score (nSPS) is 18.9. The minimum atomic E-state index is -3.50. The Balaban J connectivity index is 2.14. The Kier molecular flexibility index (Phi) is 3.92. The van der Waals surface area contributed by atoms with Crippen LogP contribution in [0, 0.1) is 5.92 Å². The SMILES string of the molecule is CC(NS(=O)(=O)c1ccccc1N)C1CCCC1. The standard InChI is InChI=1S/C13H20N2O2S/c1-10(11-6-2-3-7-11)15-18(16,17)13-9-5-4-8-12(13)14/h4-5,8-11,15H,2-3,6-7,14H2,1H3. The van der Waals surface area contributed by atoms with Gasteiger partial charge in [-0.15, -0.1) is 0 Å². The van der Waals surface area contributed by atoms with E-state index in [1.807, 2.05) is 6.92 Å². The first-order valence-corrected chi connectivity index (χ1v) is 7.86.